The van der Waals surface area contributed by atoms with Crippen LogP contribution in [0.2, 0.25) is 0 Å². The van der Waals surface area contributed by atoms with E-state index in [0.717, 1.165) is 39.5 Å². The Bertz CT molecular complexity index is 460. The Kier molecular flexibility index (Phi) is 5.73. The van der Waals surface area contributed by atoms with Gasteiger partial charge in [-0.05, 0) is 24.8 Å². The van der Waals surface area contributed by atoms with Crippen LogP contribution in [0.25, 0.3) is 0 Å². The molecule has 0 spiro atoms. The van der Waals surface area contributed by atoms with Crippen LogP contribution in [0, 0.1) is 5.92 Å². The summed E-state index contributed by atoms with van der Waals surface area (Å²) in [6.45, 7) is 10.8. The molecule has 0 N–H and O–H groups in total. The van der Waals surface area contributed by atoms with E-state index in [1.165, 1.54) is 24.8 Å². The summed E-state index contributed by atoms with van der Waals surface area (Å²) in [6, 6.07) is 10.9. The lowest BCUT2D eigenvalue weighted by Gasteiger charge is -2.37. The molecule has 2 fully saturated rings. The Morgan fingerprint density at radius 2 is 1.87 bits per heavy atom. The molecule has 3 nitrogen and oxygen atoms in total. The molecule has 0 bridgehead atoms. The van der Waals surface area contributed by atoms with Gasteiger partial charge in [0.1, 0.15) is 0 Å². The minimum absolute atomic E-state index is 0.205. The van der Waals surface area contributed by atoms with E-state index >= 15 is 0 Å². The van der Waals surface area contributed by atoms with Gasteiger partial charge in [-0.2, -0.15) is 0 Å². The predicted molar refractivity (Wildman–Crippen MR) is 93.8 cm³/mol. The zero-order valence-electron chi connectivity index (χ0n) is 14.7. The highest BCUT2D eigenvalue weighted by Gasteiger charge is 2.28. The van der Waals surface area contributed by atoms with E-state index in [9.17, 15) is 0 Å². The number of likely N-dealkylation sites (tertiary alicyclic amines) is 1. The third-order valence-electron chi connectivity index (χ3n) is 5.30. The summed E-state index contributed by atoms with van der Waals surface area (Å²) < 4.78 is 11.5. The molecule has 0 aromatic heterocycles. The molecule has 1 atom stereocenters. The number of benzene rings is 1. The Morgan fingerprint density at radius 1 is 1.13 bits per heavy atom. The Balaban J connectivity index is 1.42. The first kappa shape index (κ1) is 16.9. The number of hydrogen-bond acceptors (Lipinski definition) is 3. The van der Waals surface area contributed by atoms with Crippen LogP contribution in [0.4, 0.5) is 0 Å². The maximum absolute atomic E-state index is 6.12. The molecule has 1 aromatic carbocycles. The molecule has 2 heterocycles. The first-order chi connectivity index (χ1) is 11.1. The van der Waals surface area contributed by atoms with Crippen LogP contribution in [0.5, 0.6) is 0 Å². The van der Waals surface area contributed by atoms with Crippen LogP contribution in [-0.4, -0.2) is 50.5 Å². The van der Waals surface area contributed by atoms with E-state index in [-0.39, 0.29) is 5.41 Å². The Morgan fingerprint density at radius 3 is 2.52 bits per heavy atom. The van der Waals surface area contributed by atoms with E-state index in [1.807, 2.05) is 0 Å². The molecular weight excluding hydrogens is 286 g/mol. The standard InChI is InChI=1S/C20H31NO2/c1-20(2,18-6-4-3-5-7-18)16-21-11-8-19(9-12-21)23-15-17-10-13-22-14-17/h3-7,17,19H,8-16H2,1-2H3. The molecule has 1 aromatic rings. The van der Waals surface area contributed by atoms with E-state index in [2.05, 4.69) is 49.1 Å². The van der Waals surface area contributed by atoms with Crippen molar-refractivity contribution < 1.29 is 9.47 Å². The van der Waals surface area contributed by atoms with Crippen molar-refractivity contribution >= 4 is 0 Å². The van der Waals surface area contributed by atoms with Gasteiger partial charge in [0.2, 0.25) is 0 Å². The number of piperidine rings is 1. The Hall–Kier alpha value is -0.900. The van der Waals surface area contributed by atoms with Gasteiger partial charge >= 0.3 is 0 Å². The molecule has 0 radical (unpaired) electrons. The molecule has 23 heavy (non-hydrogen) atoms. The number of hydrogen-bond donors (Lipinski definition) is 0. The van der Waals surface area contributed by atoms with Crippen LogP contribution in [0.1, 0.15) is 38.7 Å². The summed E-state index contributed by atoms with van der Waals surface area (Å²) in [5.74, 6) is 0.630. The van der Waals surface area contributed by atoms with Gasteiger partial charge in [0, 0.05) is 37.6 Å². The van der Waals surface area contributed by atoms with Crippen LogP contribution in [0.3, 0.4) is 0 Å². The highest BCUT2D eigenvalue weighted by atomic mass is 16.5. The van der Waals surface area contributed by atoms with Crippen LogP contribution >= 0.6 is 0 Å². The summed E-state index contributed by atoms with van der Waals surface area (Å²) in [7, 11) is 0. The molecule has 3 rings (SSSR count). The Labute approximate surface area is 141 Å². The fraction of sp³-hybridized carbons (Fsp3) is 0.700. The van der Waals surface area contributed by atoms with Gasteiger partial charge < -0.3 is 14.4 Å². The lowest BCUT2D eigenvalue weighted by Crippen LogP contribution is -2.43. The molecule has 0 amide bonds. The fourth-order valence-corrected chi connectivity index (χ4v) is 3.76. The van der Waals surface area contributed by atoms with Crippen molar-refractivity contribution in [2.75, 3.05) is 39.5 Å². The second kappa shape index (κ2) is 7.78. The average Bonchev–Trinajstić information content (AvgIpc) is 3.08. The highest BCUT2D eigenvalue weighted by Crippen LogP contribution is 2.26. The smallest absolute Gasteiger partial charge is 0.0599 e. The molecule has 3 heteroatoms. The quantitative estimate of drug-likeness (QED) is 0.802. The van der Waals surface area contributed by atoms with Gasteiger partial charge in [-0.3, -0.25) is 0 Å². The van der Waals surface area contributed by atoms with Gasteiger partial charge in [0.25, 0.3) is 0 Å². The van der Waals surface area contributed by atoms with Crippen LogP contribution in [0.15, 0.2) is 30.3 Å². The zero-order chi connectivity index (χ0) is 16.1. The summed E-state index contributed by atoms with van der Waals surface area (Å²) in [5, 5.41) is 0. The molecule has 0 aliphatic carbocycles. The van der Waals surface area contributed by atoms with Gasteiger partial charge in [-0.1, -0.05) is 44.2 Å². The number of rotatable bonds is 6. The SMILES string of the molecule is CC(C)(CN1CCC(OCC2CCOC2)CC1)c1ccccc1. The first-order valence-electron chi connectivity index (χ1n) is 9.11. The zero-order valence-corrected chi connectivity index (χ0v) is 14.7. The van der Waals surface area contributed by atoms with Crippen molar-refractivity contribution in [1.29, 1.82) is 0 Å². The topological polar surface area (TPSA) is 21.7 Å². The van der Waals surface area contributed by atoms with E-state index in [4.69, 9.17) is 9.47 Å². The fourth-order valence-electron chi connectivity index (χ4n) is 3.76. The van der Waals surface area contributed by atoms with Gasteiger partial charge in [-0.25, -0.2) is 0 Å². The minimum Gasteiger partial charge on any atom is -0.381 e. The summed E-state index contributed by atoms with van der Waals surface area (Å²) in [5.41, 5.74) is 1.63. The van der Waals surface area contributed by atoms with Gasteiger partial charge in [0.05, 0.1) is 19.3 Å². The average molecular weight is 317 g/mol. The number of ether oxygens (including phenoxy) is 2. The normalized spacial score (nSPS) is 24.2. The number of nitrogens with zero attached hydrogens (tertiary/aromatic N) is 1. The van der Waals surface area contributed by atoms with Crippen molar-refractivity contribution in [3.63, 3.8) is 0 Å². The van der Waals surface area contributed by atoms with E-state index < -0.39 is 0 Å². The lowest BCUT2D eigenvalue weighted by atomic mass is 9.83. The maximum Gasteiger partial charge on any atom is 0.0599 e. The van der Waals surface area contributed by atoms with Crippen LogP contribution < -0.4 is 0 Å². The third kappa shape index (κ3) is 4.79. The van der Waals surface area contributed by atoms with Crippen molar-refractivity contribution in [2.24, 2.45) is 5.92 Å². The van der Waals surface area contributed by atoms with Crippen molar-refractivity contribution in [3.05, 3.63) is 35.9 Å². The monoisotopic (exact) mass is 317 g/mol. The predicted octanol–water partition coefficient (Wildman–Crippen LogP) is 3.48. The third-order valence-corrected chi connectivity index (χ3v) is 5.30. The molecule has 2 saturated heterocycles. The molecule has 2 aliphatic rings. The van der Waals surface area contributed by atoms with Gasteiger partial charge in [-0.15, -0.1) is 0 Å². The first-order valence-corrected chi connectivity index (χ1v) is 9.11. The molecular formula is C20H31NO2. The van der Waals surface area contributed by atoms with E-state index in [0.29, 0.717) is 12.0 Å². The highest BCUT2D eigenvalue weighted by molar-refractivity contribution is 5.23. The molecule has 2 aliphatic heterocycles. The summed E-state index contributed by atoms with van der Waals surface area (Å²) in [4.78, 5) is 2.60. The minimum atomic E-state index is 0.205. The summed E-state index contributed by atoms with van der Waals surface area (Å²) >= 11 is 0. The lowest BCUT2D eigenvalue weighted by molar-refractivity contribution is -0.0129. The van der Waals surface area contributed by atoms with Gasteiger partial charge in [0.15, 0.2) is 0 Å². The van der Waals surface area contributed by atoms with Crippen molar-refractivity contribution in [2.45, 2.75) is 44.6 Å². The molecule has 0 saturated carbocycles. The maximum atomic E-state index is 6.12. The molecule has 1 unspecified atom stereocenters. The molecule has 128 valence electrons. The largest absolute Gasteiger partial charge is 0.381 e. The van der Waals surface area contributed by atoms with E-state index in [1.54, 1.807) is 0 Å². The second-order valence-electron chi connectivity index (χ2n) is 7.79. The van der Waals surface area contributed by atoms with Crippen LogP contribution in [-0.2, 0) is 14.9 Å². The van der Waals surface area contributed by atoms with Crippen molar-refractivity contribution in [1.82, 2.24) is 4.90 Å². The summed E-state index contributed by atoms with van der Waals surface area (Å²) in [6.07, 6.45) is 3.95. The second-order valence-corrected chi connectivity index (χ2v) is 7.79. The van der Waals surface area contributed by atoms with Crippen molar-refractivity contribution in [3.8, 4) is 0 Å².